The van der Waals surface area contributed by atoms with Gasteiger partial charge in [-0.2, -0.15) is 0 Å². The van der Waals surface area contributed by atoms with Gasteiger partial charge >= 0.3 is 0 Å². The molecule has 17 heavy (non-hydrogen) atoms. The van der Waals surface area contributed by atoms with Crippen molar-refractivity contribution < 1.29 is 0 Å². The smallest absolute Gasteiger partial charge is 0.122 e. The topological polar surface area (TPSA) is 56.4 Å². The first-order chi connectivity index (χ1) is 7.66. The minimum absolute atomic E-state index is 0. The number of likely N-dealkylation sites (N-methyl/N-ethyl adjacent to an activating group) is 1. The SMILES string of the molecule is CN1CCN(c2ccc(C(=N)N)cc2)CC1.Cl. The number of nitrogens with two attached hydrogens (primary N) is 1. The Morgan fingerprint density at radius 2 is 1.65 bits per heavy atom. The maximum atomic E-state index is 7.33. The van der Waals surface area contributed by atoms with Crippen LogP contribution < -0.4 is 10.6 Å². The minimum atomic E-state index is 0. The molecule has 0 atom stereocenters. The molecule has 0 amide bonds. The van der Waals surface area contributed by atoms with Crippen molar-refractivity contribution in [2.75, 3.05) is 38.1 Å². The average Bonchev–Trinajstić information content (AvgIpc) is 2.30. The molecule has 0 aromatic heterocycles. The van der Waals surface area contributed by atoms with Crippen LogP contribution in [0.4, 0.5) is 5.69 Å². The van der Waals surface area contributed by atoms with E-state index in [0.717, 1.165) is 31.7 Å². The first kappa shape index (κ1) is 13.8. The summed E-state index contributed by atoms with van der Waals surface area (Å²) in [5, 5.41) is 7.33. The Morgan fingerprint density at radius 3 is 2.12 bits per heavy atom. The van der Waals surface area contributed by atoms with Gasteiger partial charge in [0.15, 0.2) is 0 Å². The number of piperazine rings is 1. The highest BCUT2D eigenvalue weighted by Gasteiger charge is 2.13. The molecule has 1 heterocycles. The Balaban J connectivity index is 0.00000144. The van der Waals surface area contributed by atoms with Gasteiger partial charge in [-0.25, -0.2) is 0 Å². The molecule has 0 saturated carbocycles. The van der Waals surface area contributed by atoms with Gasteiger partial charge in [0, 0.05) is 37.4 Å². The van der Waals surface area contributed by atoms with E-state index in [2.05, 4.69) is 16.8 Å². The summed E-state index contributed by atoms with van der Waals surface area (Å²) >= 11 is 0. The standard InChI is InChI=1S/C12H18N4.ClH/c1-15-6-8-16(9-7-15)11-4-2-10(3-5-11)12(13)14;/h2-5H,6-9H2,1H3,(H3,13,14);1H. The molecule has 0 unspecified atom stereocenters. The second-order valence-electron chi connectivity index (χ2n) is 4.25. The Bertz CT molecular complexity index is 369. The van der Waals surface area contributed by atoms with E-state index in [4.69, 9.17) is 11.1 Å². The van der Waals surface area contributed by atoms with Gasteiger partial charge in [0.2, 0.25) is 0 Å². The predicted octanol–water partition coefficient (Wildman–Crippen LogP) is 1.14. The molecule has 1 aromatic rings. The van der Waals surface area contributed by atoms with Gasteiger partial charge in [-0.05, 0) is 31.3 Å². The first-order valence-corrected chi connectivity index (χ1v) is 5.55. The fourth-order valence-electron chi connectivity index (χ4n) is 1.92. The molecular weight excluding hydrogens is 236 g/mol. The van der Waals surface area contributed by atoms with Gasteiger partial charge in [-0.15, -0.1) is 12.4 Å². The first-order valence-electron chi connectivity index (χ1n) is 5.55. The number of halogens is 1. The van der Waals surface area contributed by atoms with E-state index in [1.165, 1.54) is 5.69 Å². The summed E-state index contributed by atoms with van der Waals surface area (Å²) in [5.41, 5.74) is 7.43. The molecule has 2 rings (SSSR count). The van der Waals surface area contributed by atoms with Gasteiger partial charge in [0.05, 0.1) is 0 Å². The van der Waals surface area contributed by atoms with Crippen molar-refractivity contribution in [3.05, 3.63) is 29.8 Å². The number of anilines is 1. The van der Waals surface area contributed by atoms with Crippen LogP contribution in [0.5, 0.6) is 0 Å². The molecular formula is C12H19ClN4. The van der Waals surface area contributed by atoms with Crippen LogP contribution in [0.3, 0.4) is 0 Å². The van der Waals surface area contributed by atoms with Crippen molar-refractivity contribution in [3.8, 4) is 0 Å². The quantitative estimate of drug-likeness (QED) is 0.615. The normalized spacial score (nSPS) is 16.4. The molecule has 4 nitrogen and oxygen atoms in total. The minimum Gasteiger partial charge on any atom is -0.384 e. The number of hydrogen-bond acceptors (Lipinski definition) is 3. The molecule has 3 N–H and O–H groups in total. The molecule has 1 fully saturated rings. The van der Waals surface area contributed by atoms with Crippen LogP contribution in [-0.2, 0) is 0 Å². The fourth-order valence-corrected chi connectivity index (χ4v) is 1.92. The van der Waals surface area contributed by atoms with Crippen LogP contribution in [0.25, 0.3) is 0 Å². The third-order valence-corrected chi connectivity index (χ3v) is 3.05. The zero-order valence-corrected chi connectivity index (χ0v) is 10.8. The van der Waals surface area contributed by atoms with Crippen molar-refractivity contribution in [2.45, 2.75) is 0 Å². The fraction of sp³-hybridized carbons (Fsp3) is 0.417. The number of rotatable bonds is 2. The summed E-state index contributed by atoms with van der Waals surface area (Å²) in [6, 6.07) is 7.91. The highest BCUT2D eigenvalue weighted by atomic mass is 35.5. The lowest BCUT2D eigenvalue weighted by molar-refractivity contribution is 0.313. The second-order valence-corrected chi connectivity index (χ2v) is 4.25. The van der Waals surface area contributed by atoms with Crippen LogP contribution in [0.15, 0.2) is 24.3 Å². The lowest BCUT2D eigenvalue weighted by Crippen LogP contribution is -2.44. The molecule has 0 bridgehead atoms. The molecule has 1 aliphatic heterocycles. The second kappa shape index (κ2) is 5.89. The van der Waals surface area contributed by atoms with Gasteiger partial charge in [0.1, 0.15) is 5.84 Å². The maximum absolute atomic E-state index is 7.33. The largest absolute Gasteiger partial charge is 0.384 e. The molecule has 94 valence electrons. The number of benzene rings is 1. The summed E-state index contributed by atoms with van der Waals surface area (Å²) in [6.07, 6.45) is 0. The molecule has 5 heteroatoms. The Hall–Kier alpha value is -1.26. The molecule has 1 aliphatic rings. The number of hydrogen-bond donors (Lipinski definition) is 2. The maximum Gasteiger partial charge on any atom is 0.122 e. The van der Waals surface area contributed by atoms with Crippen LogP contribution in [0.1, 0.15) is 5.56 Å². The summed E-state index contributed by atoms with van der Waals surface area (Å²) < 4.78 is 0. The lowest BCUT2D eigenvalue weighted by atomic mass is 10.1. The van der Waals surface area contributed by atoms with E-state index in [1.54, 1.807) is 0 Å². The Morgan fingerprint density at radius 1 is 1.12 bits per heavy atom. The van der Waals surface area contributed by atoms with E-state index in [9.17, 15) is 0 Å². The summed E-state index contributed by atoms with van der Waals surface area (Å²) in [7, 11) is 2.15. The van der Waals surface area contributed by atoms with Crippen molar-refractivity contribution >= 4 is 23.9 Å². The van der Waals surface area contributed by atoms with Gasteiger partial charge in [0.25, 0.3) is 0 Å². The summed E-state index contributed by atoms with van der Waals surface area (Å²) in [4.78, 5) is 4.70. The third-order valence-electron chi connectivity index (χ3n) is 3.05. The zero-order valence-electron chi connectivity index (χ0n) is 10.0. The number of nitrogens with zero attached hydrogens (tertiary/aromatic N) is 2. The highest BCUT2D eigenvalue weighted by molar-refractivity contribution is 5.95. The van der Waals surface area contributed by atoms with Crippen molar-refractivity contribution in [2.24, 2.45) is 5.73 Å². The predicted molar refractivity (Wildman–Crippen MR) is 74.4 cm³/mol. The highest BCUT2D eigenvalue weighted by Crippen LogP contribution is 2.16. The molecule has 1 aromatic carbocycles. The van der Waals surface area contributed by atoms with Crippen LogP contribution >= 0.6 is 12.4 Å². The number of nitrogen functional groups attached to an aromatic ring is 1. The van der Waals surface area contributed by atoms with Crippen LogP contribution in [0.2, 0.25) is 0 Å². The van der Waals surface area contributed by atoms with Crippen molar-refractivity contribution in [1.29, 1.82) is 5.41 Å². The number of nitrogens with one attached hydrogen (secondary N) is 1. The molecule has 0 radical (unpaired) electrons. The van der Waals surface area contributed by atoms with E-state index < -0.39 is 0 Å². The van der Waals surface area contributed by atoms with Gasteiger partial charge < -0.3 is 15.5 Å². The van der Waals surface area contributed by atoms with Crippen molar-refractivity contribution in [3.63, 3.8) is 0 Å². The van der Waals surface area contributed by atoms with Crippen LogP contribution in [-0.4, -0.2) is 44.0 Å². The third kappa shape index (κ3) is 3.35. The molecule has 0 spiro atoms. The zero-order chi connectivity index (χ0) is 11.5. The number of amidine groups is 1. The summed E-state index contributed by atoms with van der Waals surface area (Å²) in [6.45, 7) is 4.34. The van der Waals surface area contributed by atoms with Crippen LogP contribution in [0, 0.1) is 5.41 Å². The van der Waals surface area contributed by atoms with E-state index in [-0.39, 0.29) is 18.2 Å². The molecule has 0 aliphatic carbocycles. The molecule has 1 saturated heterocycles. The average molecular weight is 255 g/mol. The lowest BCUT2D eigenvalue weighted by Gasteiger charge is -2.34. The van der Waals surface area contributed by atoms with E-state index >= 15 is 0 Å². The Labute approximate surface area is 108 Å². The van der Waals surface area contributed by atoms with Gasteiger partial charge in [-0.1, -0.05) is 0 Å². The van der Waals surface area contributed by atoms with E-state index in [0.29, 0.717) is 0 Å². The van der Waals surface area contributed by atoms with E-state index in [1.807, 2.05) is 24.3 Å². The Kier molecular flexibility index (Phi) is 4.78. The van der Waals surface area contributed by atoms with Gasteiger partial charge in [-0.3, -0.25) is 5.41 Å². The van der Waals surface area contributed by atoms with Crippen molar-refractivity contribution in [1.82, 2.24) is 4.90 Å². The monoisotopic (exact) mass is 254 g/mol. The summed E-state index contributed by atoms with van der Waals surface area (Å²) in [5.74, 6) is 0.130.